The molecule has 0 aromatic rings. The second-order valence-electron chi connectivity index (χ2n) is 4.19. The fourth-order valence-electron chi connectivity index (χ4n) is 1.91. The molecule has 82 valence electrons. The van der Waals surface area contributed by atoms with E-state index in [9.17, 15) is 4.79 Å². The monoisotopic (exact) mass is 198 g/mol. The van der Waals surface area contributed by atoms with Crippen molar-refractivity contribution in [2.45, 2.75) is 32.6 Å². The van der Waals surface area contributed by atoms with Crippen molar-refractivity contribution in [3.63, 3.8) is 0 Å². The Morgan fingerprint density at radius 3 is 2.64 bits per heavy atom. The van der Waals surface area contributed by atoms with Crippen LogP contribution < -0.4 is 5.32 Å². The highest BCUT2D eigenvalue weighted by atomic mass is 16.2. The lowest BCUT2D eigenvalue weighted by Crippen LogP contribution is -2.36. The minimum Gasteiger partial charge on any atom is -0.345 e. The minimum absolute atomic E-state index is 0.200. The van der Waals surface area contributed by atoms with Crippen LogP contribution in [0.5, 0.6) is 0 Å². The molecule has 0 aliphatic heterocycles. The van der Waals surface area contributed by atoms with Crippen molar-refractivity contribution in [2.75, 3.05) is 26.7 Å². The van der Waals surface area contributed by atoms with Crippen molar-refractivity contribution in [3.05, 3.63) is 0 Å². The highest BCUT2D eigenvalue weighted by Gasteiger charge is 2.15. The molecule has 1 aliphatic rings. The third-order valence-corrected chi connectivity index (χ3v) is 3.08. The van der Waals surface area contributed by atoms with Crippen molar-refractivity contribution in [3.8, 4) is 0 Å². The first kappa shape index (κ1) is 11.5. The van der Waals surface area contributed by atoms with Gasteiger partial charge in [0.25, 0.3) is 0 Å². The first-order valence-corrected chi connectivity index (χ1v) is 5.68. The number of hydrogen-bond acceptors (Lipinski definition) is 2. The lowest BCUT2D eigenvalue weighted by molar-refractivity contribution is -0.128. The summed E-state index contributed by atoms with van der Waals surface area (Å²) in [4.78, 5) is 13.2. The number of amides is 1. The molecule has 0 heterocycles. The number of hydrogen-bond donors (Lipinski definition) is 1. The average molecular weight is 198 g/mol. The van der Waals surface area contributed by atoms with Gasteiger partial charge in [-0.05, 0) is 32.2 Å². The van der Waals surface area contributed by atoms with Crippen LogP contribution >= 0.6 is 0 Å². The van der Waals surface area contributed by atoms with Gasteiger partial charge in [0, 0.05) is 13.6 Å². The molecule has 14 heavy (non-hydrogen) atoms. The fourth-order valence-corrected chi connectivity index (χ4v) is 1.91. The Kier molecular flexibility index (Phi) is 4.94. The number of nitrogens with one attached hydrogen (secondary N) is 1. The van der Waals surface area contributed by atoms with E-state index in [1.54, 1.807) is 4.90 Å². The molecule has 0 atom stereocenters. The lowest BCUT2D eigenvalue weighted by Gasteiger charge is -2.16. The van der Waals surface area contributed by atoms with E-state index in [4.69, 9.17) is 0 Å². The van der Waals surface area contributed by atoms with Crippen LogP contribution in [0.15, 0.2) is 0 Å². The van der Waals surface area contributed by atoms with Crippen LogP contribution in [-0.2, 0) is 4.79 Å². The maximum absolute atomic E-state index is 11.4. The molecule has 0 bridgehead atoms. The van der Waals surface area contributed by atoms with Crippen LogP contribution in [0, 0.1) is 5.92 Å². The highest BCUT2D eigenvalue weighted by molar-refractivity contribution is 5.77. The van der Waals surface area contributed by atoms with E-state index < -0.39 is 0 Å². The van der Waals surface area contributed by atoms with Crippen molar-refractivity contribution < 1.29 is 4.79 Å². The van der Waals surface area contributed by atoms with Crippen LogP contribution in [0.4, 0.5) is 0 Å². The number of nitrogens with zero attached hydrogens (tertiary/aromatic N) is 1. The van der Waals surface area contributed by atoms with Gasteiger partial charge in [-0.25, -0.2) is 0 Å². The van der Waals surface area contributed by atoms with Gasteiger partial charge in [0.05, 0.1) is 6.54 Å². The molecule has 1 saturated carbocycles. The summed E-state index contributed by atoms with van der Waals surface area (Å²) in [5.41, 5.74) is 0. The standard InChI is InChI=1S/C11H22N2O/c1-3-13(2)11(14)9-12-8-10-6-4-5-7-10/h10,12H,3-9H2,1-2H3. The highest BCUT2D eigenvalue weighted by Crippen LogP contribution is 2.23. The average Bonchev–Trinajstić information content (AvgIpc) is 2.69. The van der Waals surface area contributed by atoms with Gasteiger partial charge in [-0.15, -0.1) is 0 Å². The summed E-state index contributed by atoms with van der Waals surface area (Å²) in [6.45, 7) is 4.31. The summed E-state index contributed by atoms with van der Waals surface area (Å²) in [5, 5.41) is 3.25. The van der Waals surface area contributed by atoms with Crippen molar-refractivity contribution in [1.82, 2.24) is 10.2 Å². The Balaban J connectivity index is 2.05. The first-order chi connectivity index (χ1) is 6.74. The zero-order chi connectivity index (χ0) is 10.4. The molecule has 0 aromatic carbocycles. The Bertz CT molecular complexity index is 176. The van der Waals surface area contributed by atoms with Crippen LogP contribution in [0.25, 0.3) is 0 Å². The Morgan fingerprint density at radius 2 is 2.07 bits per heavy atom. The van der Waals surface area contributed by atoms with E-state index in [2.05, 4.69) is 5.32 Å². The van der Waals surface area contributed by atoms with E-state index in [1.807, 2.05) is 14.0 Å². The Morgan fingerprint density at radius 1 is 1.43 bits per heavy atom. The maximum Gasteiger partial charge on any atom is 0.236 e. The first-order valence-electron chi connectivity index (χ1n) is 5.68. The van der Waals surface area contributed by atoms with Crippen molar-refractivity contribution in [1.29, 1.82) is 0 Å². The van der Waals surface area contributed by atoms with Gasteiger partial charge in [-0.2, -0.15) is 0 Å². The predicted octanol–water partition coefficient (Wildman–Crippen LogP) is 1.24. The SMILES string of the molecule is CCN(C)C(=O)CNCC1CCCC1. The lowest BCUT2D eigenvalue weighted by atomic mass is 10.1. The van der Waals surface area contributed by atoms with E-state index >= 15 is 0 Å². The number of carbonyl (C=O) groups is 1. The molecule has 0 aromatic heterocycles. The maximum atomic E-state index is 11.4. The van der Waals surface area contributed by atoms with Crippen LogP contribution in [0.1, 0.15) is 32.6 Å². The quantitative estimate of drug-likeness (QED) is 0.721. The second kappa shape index (κ2) is 6.02. The van der Waals surface area contributed by atoms with Crippen LogP contribution in [0.3, 0.4) is 0 Å². The number of carbonyl (C=O) groups excluding carboxylic acids is 1. The van der Waals surface area contributed by atoms with Gasteiger partial charge in [0.2, 0.25) is 5.91 Å². The molecular weight excluding hydrogens is 176 g/mol. The Labute approximate surface area is 86.9 Å². The second-order valence-corrected chi connectivity index (χ2v) is 4.19. The smallest absolute Gasteiger partial charge is 0.236 e. The summed E-state index contributed by atoms with van der Waals surface area (Å²) in [6, 6.07) is 0. The van der Waals surface area contributed by atoms with Crippen LogP contribution in [0.2, 0.25) is 0 Å². The predicted molar refractivity (Wildman–Crippen MR) is 58.1 cm³/mol. The molecule has 0 spiro atoms. The summed E-state index contributed by atoms with van der Waals surface area (Å²) in [6.07, 6.45) is 5.42. The number of likely N-dealkylation sites (N-methyl/N-ethyl adjacent to an activating group) is 1. The van der Waals surface area contributed by atoms with Gasteiger partial charge in [0.15, 0.2) is 0 Å². The zero-order valence-corrected chi connectivity index (χ0v) is 9.38. The normalized spacial score (nSPS) is 17.3. The van der Waals surface area contributed by atoms with Crippen LogP contribution in [-0.4, -0.2) is 37.5 Å². The summed E-state index contributed by atoms with van der Waals surface area (Å²) >= 11 is 0. The van der Waals surface area contributed by atoms with Gasteiger partial charge in [-0.3, -0.25) is 4.79 Å². The summed E-state index contributed by atoms with van der Waals surface area (Å²) in [5.74, 6) is 1.01. The fraction of sp³-hybridized carbons (Fsp3) is 0.909. The van der Waals surface area contributed by atoms with Crippen molar-refractivity contribution >= 4 is 5.91 Å². The molecule has 1 rings (SSSR count). The minimum atomic E-state index is 0.200. The van der Waals surface area contributed by atoms with Gasteiger partial charge >= 0.3 is 0 Å². The molecule has 3 nitrogen and oxygen atoms in total. The largest absolute Gasteiger partial charge is 0.345 e. The van der Waals surface area contributed by atoms with E-state index in [-0.39, 0.29) is 5.91 Å². The molecule has 0 radical (unpaired) electrons. The van der Waals surface area contributed by atoms with E-state index in [0.29, 0.717) is 6.54 Å². The number of rotatable bonds is 5. The summed E-state index contributed by atoms with van der Waals surface area (Å²) in [7, 11) is 1.85. The van der Waals surface area contributed by atoms with Gasteiger partial charge in [-0.1, -0.05) is 12.8 Å². The van der Waals surface area contributed by atoms with Crippen molar-refractivity contribution in [2.24, 2.45) is 5.92 Å². The van der Waals surface area contributed by atoms with E-state index in [1.165, 1.54) is 25.7 Å². The molecule has 1 N–H and O–H groups in total. The van der Waals surface area contributed by atoms with Gasteiger partial charge in [0.1, 0.15) is 0 Å². The van der Waals surface area contributed by atoms with E-state index in [0.717, 1.165) is 19.0 Å². The topological polar surface area (TPSA) is 32.3 Å². The molecule has 0 saturated heterocycles. The molecular formula is C11H22N2O. The summed E-state index contributed by atoms with van der Waals surface area (Å²) < 4.78 is 0. The Hall–Kier alpha value is -0.570. The molecule has 1 aliphatic carbocycles. The zero-order valence-electron chi connectivity index (χ0n) is 9.38. The molecule has 3 heteroatoms. The molecule has 1 fully saturated rings. The van der Waals surface area contributed by atoms with Gasteiger partial charge < -0.3 is 10.2 Å². The third kappa shape index (κ3) is 3.66. The molecule has 0 unspecified atom stereocenters. The molecule has 1 amide bonds. The third-order valence-electron chi connectivity index (χ3n) is 3.08.